The summed E-state index contributed by atoms with van der Waals surface area (Å²) in [6, 6.07) is 4.22. The first-order chi connectivity index (χ1) is 9.63. The number of nitrogens with one attached hydrogen (secondary N) is 1. The lowest BCUT2D eigenvalue weighted by atomic mass is 10.1. The van der Waals surface area contributed by atoms with Gasteiger partial charge in [-0.1, -0.05) is 25.4 Å². The van der Waals surface area contributed by atoms with Crippen molar-refractivity contribution in [2.75, 3.05) is 26.3 Å². The number of halogens is 1. The molecule has 2 aromatic heterocycles. The van der Waals surface area contributed by atoms with Gasteiger partial charge in [-0.3, -0.25) is 4.90 Å². The van der Waals surface area contributed by atoms with E-state index in [-0.39, 0.29) is 0 Å². The van der Waals surface area contributed by atoms with E-state index in [4.69, 9.17) is 16.3 Å². The van der Waals surface area contributed by atoms with Gasteiger partial charge in [-0.15, -0.1) is 0 Å². The molecular weight excluding hydrogens is 274 g/mol. The van der Waals surface area contributed by atoms with Crippen LogP contribution in [-0.2, 0) is 11.3 Å². The molecular formula is C15H20ClN3O. The van der Waals surface area contributed by atoms with Gasteiger partial charge in [0.1, 0.15) is 5.15 Å². The number of aromatic nitrogens is 2. The number of aromatic amines is 1. The summed E-state index contributed by atoms with van der Waals surface area (Å²) in [7, 11) is 0. The molecule has 1 aliphatic heterocycles. The van der Waals surface area contributed by atoms with E-state index in [9.17, 15) is 0 Å². The molecule has 0 saturated carbocycles. The van der Waals surface area contributed by atoms with Crippen LogP contribution in [0.2, 0.25) is 5.15 Å². The van der Waals surface area contributed by atoms with Gasteiger partial charge in [-0.25, -0.2) is 4.98 Å². The fraction of sp³-hybridized carbons (Fsp3) is 0.533. The first-order valence-corrected chi connectivity index (χ1v) is 7.49. The maximum Gasteiger partial charge on any atom is 0.138 e. The number of rotatable bonds is 3. The Labute approximate surface area is 124 Å². The lowest BCUT2D eigenvalue weighted by Crippen LogP contribution is -2.35. The topological polar surface area (TPSA) is 41.2 Å². The molecule has 20 heavy (non-hydrogen) atoms. The zero-order chi connectivity index (χ0) is 14.1. The van der Waals surface area contributed by atoms with Crippen molar-refractivity contribution in [2.45, 2.75) is 26.3 Å². The molecule has 3 heterocycles. The van der Waals surface area contributed by atoms with Gasteiger partial charge < -0.3 is 9.72 Å². The average molecular weight is 294 g/mol. The van der Waals surface area contributed by atoms with Gasteiger partial charge in [0.05, 0.1) is 18.7 Å². The highest BCUT2D eigenvalue weighted by Gasteiger charge is 2.14. The lowest BCUT2D eigenvalue weighted by molar-refractivity contribution is 0.0337. The normalized spacial score (nSPS) is 17.2. The van der Waals surface area contributed by atoms with Crippen molar-refractivity contribution in [3.05, 3.63) is 28.7 Å². The third-order valence-electron chi connectivity index (χ3n) is 3.73. The molecule has 4 nitrogen and oxygen atoms in total. The molecule has 5 heteroatoms. The molecule has 2 aromatic rings. The van der Waals surface area contributed by atoms with Crippen LogP contribution in [0.1, 0.15) is 31.2 Å². The molecule has 0 atom stereocenters. The fourth-order valence-electron chi connectivity index (χ4n) is 2.55. The number of pyridine rings is 1. The smallest absolute Gasteiger partial charge is 0.138 e. The van der Waals surface area contributed by atoms with E-state index in [0.717, 1.165) is 49.4 Å². The van der Waals surface area contributed by atoms with Crippen LogP contribution in [-0.4, -0.2) is 41.2 Å². The van der Waals surface area contributed by atoms with Crippen molar-refractivity contribution in [3.63, 3.8) is 0 Å². The molecule has 1 N–H and O–H groups in total. The number of fused-ring (bicyclic) bond motifs is 1. The van der Waals surface area contributed by atoms with Crippen LogP contribution in [0.25, 0.3) is 10.9 Å². The summed E-state index contributed by atoms with van der Waals surface area (Å²) in [5, 5.41) is 1.61. The average Bonchev–Trinajstić information content (AvgIpc) is 2.83. The highest BCUT2D eigenvalue weighted by molar-refractivity contribution is 6.34. The van der Waals surface area contributed by atoms with Gasteiger partial charge in [-0.2, -0.15) is 0 Å². The van der Waals surface area contributed by atoms with Crippen LogP contribution >= 0.6 is 11.6 Å². The molecule has 1 fully saturated rings. The number of nitrogens with zero attached hydrogens (tertiary/aromatic N) is 2. The van der Waals surface area contributed by atoms with Crippen molar-refractivity contribution >= 4 is 22.5 Å². The van der Waals surface area contributed by atoms with Gasteiger partial charge in [0.2, 0.25) is 0 Å². The van der Waals surface area contributed by atoms with E-state index in [1.807, 2.05) is 0 Å². The number of hydrogen-bond acceptors (Lipinski definition) is 3. The maximum atomic E-state index is 6.30. The Morgan fingerprint density at radius 3 is 2.80 bits per heavy atom. The molecule has 0 unspecified atom stereocenters. The predicted molar refractivity (Wildman–Crippen MR) is 81.3 cm³/mol. The zero-order valence-electron chi connectivity index (χ0n) is 11.9. The van der Waals surface area contributed by atoms with Gasteiger partial charge >= 0.3 is 0 Å². The number of ether oxygens (including phenoxy) is 1. The minimum Gasteiger partial charge on any atom is -0.379 e. The van der Waals surface area contributed by atoms with Gasteiger partial charge in [0.15, 0.2) is 0 Å². The van der Waals surface area contributed by atoms with E-state index < -0.39 is 0 Å². The number of morpholine rings is 1. The fourth-order valence-corrected chi connectivity index (χ4v) is 2.80. The highest BCUT2D eigenvalue weighted by Crippen LogP contribution is 2.26. The summed E-state index contributed by atoms with van der Waals surface area (Å²) in [4.78, 5) is 10.3. The Kier molecular flexibility index (Phi) is 3.96. The Bertz CT molecular complexity index is 602. The first-order valence-electron chi connectivity index (χ1n) is 7.11. The standard InChI is InChI=1S/C15H20ClN3O/c1-10(2)13-8-14-12(15(16)18-13)7-11(17-14)9-19-3-5-20-6-4-19/h7-8,10,17H,3-6,9H2,1-2H3. The first kappa shape index (κ1) is 13.9. The van der Waals surface area contributed by atoms with Crippen molar-refractivity contribution in [1.82, 2.24) is 14.9 Å². The number of hydrogen-bond donors (Lipinski definition) is 1. The molecule has 0 radical (unpaired) electrons. The maximum absolute atomic E-state index is 6.30. The summed E-state index contributed by atoms with van der Waals surface area (Å²) in [6.45, 7) is 8.77. The minimum atomic E-state index is 0.378. The Hall–Kier alpha value is -1.10. The van der Waals surface area contributed by atoms with Crippen LogP contribution < -0.4 is 0 Å². The molecule has 3 rings (SSSR count). The van der Waals surface area contributed by atoms with E-state index >= 15 is 0 Å². The van der Waals surface area contributed by atoms with Crippen LogP contribution in [0.15, 0.2) is 12.1 Å². The van der Waals surface area contributed by atoms with Gasteiger partial charge in [0.25, 0.3) is 0 Å². The number of H-pyrrole nitrogens is 1. The monoisotopic (exact) mass is 293 g/mol. The SMILES string of the molecule is CC(C)c1cc2[nH]c(CN3CCOCC3)cc2c(Cl)n1. The van der Waals surface area contributed by atoms with Crippen molar-refractivity contribution in [2.24, 2.45) is 0 Å². The molecule has 0 spiro atoms. The largest absolute Gasteiger partial charge is 0.379 e. The summed E-state index contributed by atoms with van der Waals surface area (Å²) in [6.07, 6.45) is 0. The Balaban J connectivity index is 1.87. The van der Waals surface area contributed by atoms with Crippen LogP contribution in [0.5, 0.6) is 0 Å². The second-order valence-electron chi connectivity index (χ2n) is 5.64. The highest BCUT2D eigenvalue weighted by atomic mass is 35.5. The molecule has 108 valence electrons. The van der Waals surface area contributed by atoms with E-state index in [1.54, 1.807) is 0 Å². The molecule has 0 aromatic carbocycles. The summed E-state index contributed by atoms with van der Waals surface area (Å²) in [5.41, 5.74) is 3.30. The van der Waals surface area contributed by atoms with Crippen molar-refractivity contribution in [1.29, 1.82) is 0 Å². The van der Waals surface area contributed by atoms with Crippen molar-refractivity contribution < 1.29 is 4.74 Å². The van der Waals surface area contributed by atoms with E-state index in [0.29, 0.717) is 11.1 Å². The molecule has 0 amide bonds. The van der Waals surface area contributed by atoms with Crippen LogP contribution in [0, 0.1) is 0 Å². The van der Waals surface area contributed by atoms with Crippen LogP contribution in [0.3, 0.4) is 0 Å². The predicted octanol–water partition coefficient (Wildman–Crippen LogP) is 3.17. The quantitative estimate of drug-likeness (QED) is 0.884. The van der Waals surface area contributed by atoms with E-state index in [2.05, 4.69) is 40.8 Å². The molecule has 1 saturated heterocycles. The third-order valence-corrected chi connectivity index (χ3v) is 4.02. The summed E-state index contributed by atoms with van der Waals surface area (Å²) >= 11 is 6.30. The van der Waals surface area contributed by atoms with Gasteiger partial charge in [0, 0.05) is 36.4 Å². The second kappa shape index (κ2) is 5.72. The molecule has 1 aliphatic rings. The zero-order valence-corrected chi connectivity index (χ0v) is 12.7. The van der Waals surface area contributed by atoms with E-state index in [1.165, 1.54) is 5.69 Å². The van der Waals surface area contributed by atoms with Gasteiger partial charge in [-0.05, 0) is 18.1 Å². The lowest BCUT2D eigenvalue weighted by Gasteiger charge is -2.25. The Morgan fingerprint density at radius 2 is 2.10 bits per heavy atom. The Morgan fingerprint density at radius 1 is 1.35 bits per heavy atom. The molecule has 0 bridgehead atoms. The summed E-state index contributed by atoms with van der Waals surface area (Å²) < 4.78 is 5.37. The van der Waals surface area contributed by atoms with Crippen molar-refractivity contribution in [3.8, 4) is 0 Å². The third kappa shape index (κ3) is 2.82. The molecule has 0 aliphatic carbocycles. The second-order valence-corrected chi connectivity index (χ2v) is 5.99. The van der Waals surface area contributed by atoms with Crippen LogP contribution in [0.4, 0.5) is 0 Å². The minimum absolute atomic E-state index is 0.378. The summed E-state index contributed by atoms with van der Waals surface area (Å²) in [5.74, 6) is 0.378.